The first-order chi connectivity index (χ1) is 14.9. The van der Waals surface area contributed by atoms with Crippen LogP contribution in [0.5, 0.6) is 11.5 Å². The van der Waals surface area contributed by atoms with Crippen LogP contribution in [0.4, 0.5) is 5.69 Å². The van der Waals surface area contributed by atoms with Crippen LogP contribution in [0.3, 0.4) is 0 Å². The van der Waals surface area contributed by atoms with Gasteiger partial charge in [-0.2, -0.15) is 8.68 Å². The molecule has 0 unspecified atom stereocenters. The lowest BCUT2D eigenvalue weighted by Gasteiger charge is -2.30. The zero-order valence-electron chi connectivity index (χ0n) is 17.2. The number of anilines is 1. The highest BCUT2D eigenvalue weighted by Gasteiger charge is 2.32. The van der Waals surface area contributed by atoms with Gasteiger partial charge in [0, 0.05) is 42.3 Å². The van der Waals surface area contributed by atoms with Crippen molar-refractivity contribution in [2.75, 3.05) is 32.6 Å². The summed E-state index contributed by atoms with van der Waals surface area (Å²) in [6, 6.07) is 10.2. The van der Waals surface area contributed by atoms with E-state index < -0.39 is 10.0 Å². The maximum Gasteiger partial charge on any atom is 0.243 e. The Bertz CT molecular complexity index is 1200. The largest absolute Gasteiger partial charge is 0.493 e. The highest BCUT2D eigenvalue weighted by molar-refractivity contribution is 7.89. The van der Waals surface area contributed by atoms with Crippen molar-refractivity contribution >= 4 is 43.2 Å². The van der Waals surface area contributed by atoms with E-state index >= 15 is 0 Å². The molecule has 3 aromatic rings. The van der Waals surface area contributed by atoms with Crippen molar-refractivity contribution in [2.24, 2.45) is 5.92 Å². The van der Waals surface area contributed by atoms with Gasteiger partial charge in [-0.15, -0.1) is 0 Å². The van der Waals surface area contributed by atoms with Crippen LogP contribution in [0.2, 0.25) is 0 Å². The van der Waals surface area contributed by atoms with Gasteiger partial charge in [-0.25, -0.2) is 8.42 Å². The van der Waals surface area contributed by atoms with Crippen LogP contribution in [0, 0.1) is 5.92 Å². The second-order valence-corrected chi connectivity index (χ2v) is 10.0. The number of nitrogens with one attached hydrogen (secondary N) is 1. The van der Waals surface area contributed by atoms with Crippen LogP contribution in [0.15, 0.2) is 47.5 Å². The third-order valence-corrected chi connectivity index (χ3v) is 8.11. The summed E-state index contributed by atoms with van der Waals surface area (Å²) in [5.74, 6) is 0.489. The van der Waals surface area contributed by atoms with Crippen LogP contribution in [-0.2, 0) is 14.8 Å². The highest BCUT2D eigenvalue weighted by atomic mass is 32.2. The molecule has 164 valence electrons. The molecule has 0 aliphatic carbocycles. The maximum atomic E-state index is 13.0. The van der Waals surface area contributed by atoms with Crippen LogP contribution in [0.1, 0.15) is 12.8 Å². The van der Waals surface area contributed by atoms with Crippen molar-refractivity contribution < 1.29 is 22.7 Å². The number of carbonyl (C=O) groups excluding carboxylic acids is 1. The van der Waals surface area contributed by atoms with Gasteiger partial charge in [0.1, 0.15) is 0 Å². The number of hydrogen-bond acceptors (Lipinski definition) is 7. The molecule has 31 heavy (non-hydrogen) atoms. The van der Waals surface area contributed by atoms with Crippen LogP contribution in [-0.4, -0.2) is 50.3 Å². The first kappa shape index (κ1) is 21.5. The normalized spacial score (nSPS) is 15.7. The Morgan fingerprint density at radius 1 is 1.10 bits per heavy atom. The van der Waals surface area contributed by atoms with E-state index in [0.29, 0.717) is 24.3 Å². The summed E-state index contributed by atoms with van der Waals surface area (Å²) in [5.41, 5.74) is 0.720. The van der Waals surface area contributed by atoms with Crippen molar-refractivity contribution in [3.05, 3.63) is 42.6 Å². The van der Waals surface area contributed by atoms with E-state index in [1.807, 2.05) is 18.2 Å². The Hall–Kier alpha value is -2.69. The number of nitrogens with zero attached hydrogens (tertiary/aromatic N) is 2. The topological polar surface area (TPSA) is 97.8 Å². The lowest BCUT2D eigenvalue weighted by atomic mass is 9.97. The molecule has 1 fully saturated rings. The predicted octanol–water partition coefficient (Wildman–Crippen LogP) is 3.35. The van der Waals surface area contributed by atoms with Gasteiger partial charge >= 0.3 is 0 Å². The number of sulfonamides is 1. The monoisotopic (exact) mass is 461 g/mol. The van der Waals surface area contributed by atoms with E-state index in [9.17, 15) is 13.2 Å². The van der Waals surface area contributed by atoms with Gasteiger partial charge in [0.25, 0.3) is 0 Å². The van der Waals surface area contributed by atoms with E-state index in [1.54, 1.807) is 12.3 Å². The Morgan fingerprint density at radius 3 is 2.55 bits per heavy atom. The molecule has 1 amide bonds. The maximum absolute atomic E-state index is 13.0. The minimum atomic E-state index is -3.69. The van der Waals surface area contributed by atoms with E-state index in [1.165, 1.54) is 42.2 Å². The quantitative estimate of drug-likeness (QED) is 0.605. The van der Waals surface area contributed by atoms with Gasteiger partial charge in [-0.1, -0.05) is 0 Å². The molecule has 0 bridgehead atoms. The van der Waals surface area contributed by atoms with Gasteiger partial charge in [0.2, 0.25) is 15.9 Å². The number of benzene rings is 2. The van der Waals surface area contributed by atoms with Crippen molar-refractivity contribution in [3.8, 4) is 11.5 Å². The number of hydrogen-bond donors (Lipinski definition) is 1. The molecule has 0 radical (unpaired) electrons. The number of methoxy groups -OCH3 is 2. The zero-order chi connectivity index (χ0) is 22.0. The van der Waals surface area contributed by atoms with Crippen LogP contribution < -0.4 is 14.8 Å². The second-order valence-electron chi connectivity index (χ2n) is 7.26. The molecular weight excluding hydrogens is 438 g/mol. The number of rotatable bonds is 6. The average Bonchev–Trinajstić information content (AvgIpc) is 3.26. The Morgan fingerprint density at radius 2 is 1.84 bits per heavy atom. The molecule has 0 saturated carbocycles. The fraction of sp³-hybridized carbons (Fsp3) is 0.333. The number of carbonyl (C=O) groups is 1. The molecule has 4 rings (SSSR count). The van der Waals surface area contributed by atoms with Gasteiger partial charge in [-0.3, -0.25) is 4.79 Å². The standard InChI is InChI=1S/C21H23N3O5S2/c1-28-18-5-4-17(12-19(18)29-2)31(26,27)24-9-7-14(8-10-24)21(25)23-16-3-6-20-15(11-16)13-22-30-20/h3-6,11-14H,7-10H2,1-2H3,(H,23,25). The molecule has 1 aliphatic rings. The van der Waals surface area contributed by atoms with E-state index in [0.717, 1.165) is 15.8 Å². The molecule has 8 nitrogen and oxygen atoms in total. The van der Waals surface area contributed by atoms with Crippen molar-refractivity contribution in [1.82, 2.24) is 8.68 Å². The molecule has 1 aromatic heterocycles. The van der Waals surface area contributed by atoms with Crippen LogP contribution in [0.25, 0.3) is 10.1 Å². The Balaban J connectivity index is 1.41. The summed E-state index contributed by atoms with van der Waals surface area (Å²) in [6.07, 6.45) is 2.69. The summed E-state index contributed by atoms with van der Waals surface area (Å²) >= 11 is 1.41. The zero-order valence-corrected chi connectivity index (χ0v) is 18.8. The molecule has 0 atom stereocenters. The number of piperidine rings is 1. The fourth-order valence-electron chi connectivity index (χ4n) is 3.68. The molecule has 1 saturated heterocycles. The summed E-state index contributed by atoms with van der Waals surface area (Å²) in [6.45, 7) is 0.560. The second kappa shape index (κ2) is 8.81. The molecule has 0 spiro atoms. The molecule has 2 heterocycles. The molecule has 1 N–H and O–H groups in total. The first-order valence-corrected chi connectivity index (χ1v) is 12.0. The molecule has 1 aliphatic heterocycles. The van der Waals surface area contributed by atoms with Gasteiger partial charge in [-0.05, 0) is 54.7 Å². The Labute approximate surface area is 185 Å². The highest BCUT2D eigenvalue weighted by Crippen LogP contribution is 2.32. The van der Waals surface area contributed by atoms with Gasteiger partial charge in [0.05, 0.1) is 23.8 Å². The summed E-state index contributed by atoms with van der Waals surface area (Å²) < 4.78 is 43.1. The smallest absolute Gasteiger partial charge is 0.243 e. The molecular formula is C21H23N3O5S2. The van der Waals surface area contributed by atoms with E-state index in [4.69, 9.17) is 9.47 Å². The van der Waals surface area contributed by atoms with Crippen molar-refractivity contribution in [3.63, 3.8) is 0 Å². The summed E-state index contributed by atoms with van der Waals surface area (Å²) in [5, 5.41) is 3.93. The Kier molecular flexibility index (Phi) is 6.12. The average molecular weight is 462 g/mol. The lowest BCUT2D eigenvalue weighted by molar-refractivity contribution is -0.120. The summed E-state index contributed by atoms with van der Waals surface area (Å²) in [7, 11) is -0.725. The van der Waals surface area contributed by atoms with Gasteiger partial charge < -0.3 is 14.8 Å². The lowest BCUT2D eigenvalue weighted by Crippen LogP contribution is -2.41. The fourth-order valence-corrected chi connectivity index (χ4v) is 5.79. The van der Waals surface area contributed by atoms with Crippen molar-refractivity contribution in [1.29, 1.82) is 0 Å². The summed E-state index contributed by atoms with van der Waals surface area (Å²) in [4.78, 5) is 12.8. The van der Waals surface area contributed by atoms with Gasteiger partial charge in [0.15, 0.2) is 11.5 Å². The minimum Gasteiger partial charge on any atom is -0.493 e. The molecule has 10 heteroatoms. The van der Waals surface area contributed by atoms with Crippen molar-refractivity contribution in [2.45, 2.75) is 17.7 Å². The SMILES string of the molecule is COc1ccc(S(=O)(=O)N2CCC(C(=O)Nc3ccc4sncc4c3)CC2)cc1OC. The first-order valence-electron chi connectivity index (χ1n) is 9.80. The number of amides is 1. The number of aromatic nitrogens is 1. The van der Waals surface area contributed by atoms with E-state index in [-0.39, 0.29) is 29.8 Å². The number of ether oxygens (including phenoxy) is 2. The predicted molar refractivity (Wildman–Crippen MR) is 119 cm³/mol. The van der Waals surface area contributed by atoms with E-state index in [2.05, 4.69) is 9.69 Å². The van der Waals surface area contributed by atoms with Crippen LogP contribution >= 0.6 is 11.5 Å². The minimum absolute atomic E-state index is 0.0919. The third-order valence-electron chi connectivity index (χ3n) is 5.44. The third kappa shape index (κ3) is 4.36. The molecule has 2 aromatic carbocycles. The number of fused-ring (bicyclic) bond motifs is 1.